The lowest BCUT2D eigenvalue weighted by molar-refractivity contribution is 0.202. The highest BCUT2D eigenvalue weighted by atomic mass is 35.5. The quantitative estimate of drug-likeness (QED) is 0.782. The van der Waals surface area contributed by atoms with Crippen molar-refractivity contribution in [2.75, 3.05) is 25.4 Å². The maximum atomic E-state index is 6.01. The van der Waals surface area contributed by atoms with Crippen molar-refractivity contribution in [1.29, 1.82) is 0 Å². The Balaban J connectivity index is 0.00000208. The summed E-state index contributed by atoms with van der Waals surface area (Å²) in [4.78, 5) is 0. The summed E-state index contributed by atoms with van der Waals surface area (Å²) in [6.07, 6.45) is 2.32. The standard InChI is InChI=1S/C19H24N2O2.ClH/c20-17-6-7-18(22-14-16-8-10-21-11-9-16)19(12-17)23-13-15-4-2-1-3-5-15;/h1-7,12,16,21H,8-11,13-14,20H2;1H. The van der Waals surface area contributed by atoms with Crippen molar-refractivity contribution in [2.45, 2.75) is 19.4 Å². The number of hydrogen-bond acceptors (Lipinski definition) is 4. The molecule has 2 aromatic rings. The zero-order chi connectivity index (χ0) is 15.9. The van der Waals surface area contributed by atoms with Crippen LogP contribution in [0.3, 0.4) is 0 Å². The van der Waals surface area contributed by atoms with Crippen molar-refractivity contribution in [3.63, 3.8) is 0 Å². The van der Waals surface area contributed by atoms with Crippen molar-refractivity contribution < 1.29 is 9.47 Å². The molecule has 4 nitrogen and oxygen atoms in total. The van der Waals surface area contributed by atoms with Gasteiger partial charge < -0.3 is 20.5 Å². The lowest BCUT2D eigenvalue weighted by atomic mass is 9.99. The van der Waals surface area contributed by atoms with E-state index in [2.05, 4.69) is 5.32 Å². The van der Waals surface area contributed by atoms with Gasteiger partial charge in [0.15, 0.2) is 11.5 Å². The number of rotatable bonds is 6. The molecule has 0 aliphatic carbocycles. The number of nitrogens with two attached hydrogens (primary N) is 1. The van der Waals surface area contributed by atoms with Crippen LogP contribution in [0.25, 0.3) is 0 Å². The van der Waals surface area contributed by atoms with Crippen LogP contribution in [0, 0.1) is 5.92 Å². The van der Waals surface area contributed by atoms with Crippen LogP contribution in [0.4, 0.5) is 5.69 Å². The van der Waals surface area contributed by atoms with Gasteiger partial charge in [-0.25, -0.2) is 0 Å². The van der Waals surface area contributed by atoms with Crippen LogP contribution in [-0.2, 0) is 6.61 Å². The van der Waals surface area contributed by atoms with Crippen molar-refractivity contribution >= 4 is 18.1 Å². The Labute approximate surface area is 149 Å². The lowest BCUT2D eigenvalue weighted by Gasteiger charge is -2.23. The third-order valence-electron chi connectivity index (χ3n) is 4.14. The average molecular weight is 349 g/mol. The summed E-state index contributed by atoms with van der Waals surface area (Å²) in [6, 6.07) is 15.7. The Morgan fingerprint density at radius 2 is 1.71 bits per heavy atom. The van der Waals surface area contributed by atoms with E-state index in [4.69, 9.17) is 15.2 Å². The van der Waals surface area contributed by atoms with E-state index in [0.29, 0.717) is 24.0 Å². The summed E-state index contributed by atoms with van der Waals surface area (Å²) in [5.41, 5.74) is 7.70. The maximum Gasteiger partial charge on any atom is 0.163 e. The van der Waals surface area contributed by atoms with E-state index >= 15 is 0 Å². The first-order valence-electron chi connectivity index (χ1n) is 8.21. The van der Waals surface area contributed by atoms with Crippen molar-refractivity contribution in [3.8, 4) is 11.5 Å². The number of anilines is 1. The molecule has 0 atom stereocenters. The monoisotopic (exact) mass is 348 g/mol. The van der Waals surface area contributed by atoms with Gasteiger partial charge in [-0.1, -0.05) is 30.3 Å². The van der Waals surface area contributed by atoms with Gasteiger partial charge in [0.2, 0.25) is 0 Å². The number of hydrogen-bond donors (Lipinski definition) is 2. The number of piperidine rings is 1. The molecule has 1 saturated heterocycles. The molecule has 130 valence electrons. The molecule has 0 amide bonds. The van der Waals surface area contributed by atoms with E-state index in [9.17, 15) is 0 Å². The van der Waals surface area contributed by atoms with E-state index in [0.717, 1.165) is 43.9 Å². The molecule has 0 unspecified atom stereocenters. The van der Waals surface area contributed by atoms with Crippen LogP contribution in [0.15, 0.2) is 48.5 Å². The molecule has 5 heteroatoms. The van der Waals surface area contributed by atoms with Crippen LogP contribution in [0.2, 0.25) is 0 Å². The molecule has 0 radical (unpaired) electrons. The topological polar surface area (TPSA) is 56.5 Å². The first-order valence-corrected chi connectivity index (χ1v) is 8.21. The number of nitrogen functional groups attached to an aromatic ring is 1. The summed E-state index contributed by atoms with van der Waals surface area (Å²) in [6.45, 7) is 3.39. The second-order valence-corrected chi connectivity index (χ2v) is 5.98. The first kappa shape index (κ1) is 18.4. The van der Waals surface area contributed by atoms with Crippen LogP contribution in [0.5, 0.6) is 11.5 Å². The minimum absolute atomic E-state index is 0. The Morgan fingerprint density at radius 3 is 2.46 bits per heavy atom. The molecule has 1 fully saturated rings. The fraction of sp³-hybridized carbons (Fsp3) is 0.368. The summed E-state index contributed by atoms with van der Waals surface area (Å²) in [7, 11) is 0. The number of nitrogens with one attached hydrogen (secondary N) is 1. The van der Waals surface area contributed by atoms with Gasteiger partial charge in [0.1, 0.15) is 6.61 Å². The molecule has 0 spiro atoms. The predicted octanol–water partition coefficient (Wildman–Crippen LogP) is 3.65. The van der Waals surface area contributed by atoms with Gasteiger partial charge in [0.25, 0.3) is 0 Å². The fourth-order valence-corrected chi connectivity index (χ4v) is 2.75. The van der Waals surface area contributed by atoms with E-state index in [1.54, 1.807) is 0 Å². The lowest BCUT2D eigenvalue weighted by Crippen LogP contribution is -2.30. The van der Waals surface area contributed by atoms with Gasteiger partial charge in [-0.3, -0.25) is 0 Å². The van der Waals surface area contributed by atoms with Gasteiger partial charge in [0, 0.05) is 11.8 Å². The van der Waals surface area contributed by atoms with Gasteiger partial charge in [-0.2, -0.15) is 0 Å². The van der Waals surface area contributed by atoms with E-state index in [1.807, 2.05) is 48.5 Å². The van der Waals surface area contributed by atoms with Gasteiger partial charge in [-0.05, 0) is 49.5 Å². The molecule has 1 aliphatic rings. The third kappa shape index (κ3) is 5.32. The zero-order valence-corrected chi connectivity index (χ0v) is 14.6. The largest absolute Gasteiger partial charge is 0.489 e. The molecule has 24 heavy (non-hydrogen) atoms. The van der Waals surface area contributed by atoms with Crippen molar-refractivity contribution in [2.24, 2.45) is 5.92 Å². The predicted molar refractivity (Wildman–Crippen MR) is 100.0 cm³/mol. The molecular formula is C19H25ClN2O2. The molecule has 0 saturated carbocycles. The van der Waals surface area contributed by atoms with E-state index in [-0.39, 0.29) is 12.4 Å². The Hall–Kier alpha value is -1.91. The summed E-state index contributed by atoms with van der Waals surface area (Å²) in [5.74, 6) is 2.09. The minimum Gasteiger partial charge on any atom is -0.489 e. The summed E-state index contributed by atoms with van der Waals surface area (Å²) in [5, 5.41) is 3.37. The third-order valence-corrected chi connectivity index (χ3v) is 4.14. The van der Waals surface area contributed by atoms with Crippen molar-refractivity contribution in [3.05, 3.63) is 54.1 Å². The van der Waals surface area contributed by atoms with E-state index < -0.39 is 0 Å². The van der Waals surface area contributed by atoms with E-state index in [1.165, 1.54) is 0 Å². The number of halogens is 1. The Morgan fingerprint density at radius 1 is 0.958 bits per heavy atom. The zero-order valence-electron chi connectivity index (χ0n) is 13.7. The summed E-state index contributed by atoms with van der Waals surface area (Å²) < 4.78 is 11.9. The molecule has 0 aromatic heterocycles. The molecular weight excluding hydrogens is 324 g/mol. The number of ether oxygens (including phenoxy) is 2. The van der Waals surface area contributed by atoms with Gasteiger partial charge >= 0.3 is 0 Å². The second kappa shape index (κ2) is 9.40. The van der Waals surface area contributed by atoms with Gasteiger partial charge in [-0.15, -0.1) is 12.4 Å². The van der Waals surface area contributed by atoms with Crippen LogP contribution in [-0.4, -0.2) is 19.7 Å². The fourth-order valence-electron chi connectivity index (χ4n) is 2.75. The molecule has 1 aliphatic heterocycles. The minimum atomic E-state index is 0. The second-order valence-electron chi connectivity index (χ2n) is 5.98. The maximum absolute atomic E-state index is 6.01. The van der Waals surface area contributed by atoms with Crippen LogP contribution in [0.1, 0.15) is 18.4 Å². The summed E-state index contributed by atoms with van der Waals surface area (Å²) >= 11 is 0. The Kier molecular flexibility index (Phi) is 7.22. The molecule has 0 bridgehead atoms. The van der Waals surface area contributed by atoms with Crippen LogP contribution < -0.4 is 20.5 Å². The first-order chi connectivity index (χ1) is 11.3. The molecule has 3 rings (SSSR count). The van der Waals surface area contributed by atoms with Crippen LogP contribution >= 0.6 is 12.4 Å². The van der Waals surface area contributed by atoms with Gasteiger partial charge in [0.05, 0.1) is 6.61 Å². The molecule has 1 heterocycles. The molecule has 3 N–H and O–H groups in total. The van der Waals surface area contributed by atoms with Crippen molar-refractivity contribution in [1.82, 2.24) is 5.32 Å². The average Bonchev–Trinajstić information content (AvgIpc) is 2.61. The SMILES string of the molecule is Cl.Nc1ccc(OCC2CCNCC2)c(OCc2ccccc2)c1. The number of benzene rings is 2. The smallest absolute Gasteiger partial charge is 0.163 e. The normalized spacial score (nSPS) is 14.7. The highest BCUT2D eigenvalue weighted by molar-refractivity contribution is 5.85. The molecule has 2 aromatic carbocycles. The highest BCUT2D eigenvalue weighted by Gasteiger charge is 2.15. The Bertz CT molecular complexity index is 616. The highest BCUT2D eigenvalue weighted by Crippen LogP contribution is 2.31.